The maximum absolute atomic E-state index is 10.7. The van der Waals surface area contributed by atoms with Crippen molar-refractivity contribution in [1.29, 1.82) is 0 Å². The molecule has 0 amide bonds. The second kappa shape index (κ2) is 5.18. The lowest BCUT2D eigenvalue weighted by atomic mass is 9.99. The molecule has 1 aromatic rings. The minimum Gasteiger partial charge on any atom is -0.488 e. The number of hydrogen-bond donors (Lipinski definition) is 2. The van der Waals surface area contributed by atoms with Crippen molar-refractivity contribution in [3.63, 3.8) is 0 Å². The second-order valence-electron chi connectivity index (χ2n) is 3.97. The van der Waals surface area contributed by atoms with Crippen LogP contribution in [0.25, 0.3) is 5.03 Å². The molecule has 96 valence electrons. The maximum Gasteiger partial charge on any atom is 0.305 e. The van der Waals surface area contributed by atoms with Gasteiger partial charge in [-0.25, -0.2) is 0 Å². The number of carboxylic acid groups (broad SMARTS) is 1. The van der Waals surface area contributed by atoms with E-state index in [-0.39, 0.29) is 13.0 Å². The van der Waals surface area contributed by atoms with Crippen molar-refractivity contribution in [2.45, 2.75) is 12.5 Å². The summed E-state index contributed by atoms with van der Waals surface area (Å²) in [4.78, 5) is 10.7. The molecule has 0 radical (unpaired) electrons. The van der Waals surface area contributed by atoms with E-state index in [1.807, 2.05) is 0 Å². The second-order valence-corrected chi connectivity index (χ2v) is 4.79. The van der Waals surface area contributed by atoms with Crippen LogP contribution < -0.4 is 10.5 Å². The topological polar surface area (TPSA) is 72.6 Å². The van der Waals surface area contributed by atoms with Gasteiger partial charge in [-0.2, -0.15) is 0 Å². The first-order valence-electron chi connectivity index (χ1n) is 5.27. The molecule has 18 heavy (non-hydrogen) atoms. The Hall–Kier alpha value is -1.23. The zero-order chi connectivity index (χ0) is 13.3. The monoisotopic (exact) mass is 287 g/mol. The van der Waals surface area contributed by atoms with Crippen LogP contribution in [0.2, 0.25) is 5.02 Å². The third-order valence-electron chi connectivity index (χ3n) is 2.69. The number of carbonyl (C=O) groups is 1. The van der Waals surface area contributed by atoms with Gasteiger partial charge < -0.3 is 15.6 Å². The molecule has 1 unspecified atom stereocenters. The lowest BCUT2D eigenvalue weighted by molar-refractivity contribution is -0.137. The Balaban J connectivity index is 2.38. The summed E-state index contributed by atoms with van der Waals surface area (Å²) in [6.07, 6.45) is -0.190. The van der Waals surface area contributed by atoms with Crippen LogP contribution in [0.15, 0.2) is 23.8 Å². The summed E-state index contributed by atoms with van der Waals surface area (Å²) in [6.45, 7) is 0.196. The molecule has 1 aliphatic rings. The predicted molar refractivity (Wildman–Crippen MR) is 69.9 cm³/mol. The van der Waals surface area contributed by atoms with Crippen molar-refractivity contribution < 1.29 is 14.6 Å². The first-order valence-corrected chi connectivity index (χ1v) is 6.03. The van der Waals surface area contributed by atoms with Gasteiger partial charge in [0.15, 0.2) is 0 Å². The molecule has 0 spiro atoms. The number of benzene rings is 1. The van der Waals surface area contributed by atoms with Crippen molar-refractivity contribution in [3.05, 3.63) is 34.4 Å². The third-order valence-corrected chi connectivity index (χ3v) is 3.37. The first-order chi connectivity index (χ1) is 8.49. The summed E-state index contributed by atoms with van der Waals surface area (Å²) in [7, 11) is 0. The van der Waals surface area contributed by atoms with Gasteiger partial charge in [0.2, 0.25) is 0 Å². The Kier molecular flexibility index (Phi) is 3.80. The lowest BCUT2D eigenvalue weighted by Gasteiger charge is -2.24. The summed E-state index contributed by atoms with van der Waals surface area (Å²) >= 11 is 12.1. The van der Waals surface area contributed by atoms with Crippen LogP contribution in [0.1, 0.15) is 12.0 Å². The van der Waals surface area contributed by atoms with E-state index >= 15 is 0 Å². The fourth-order valence-corrected chi connectivity index (χ4v) is 2.29. The Bertz CT molecular complexity index is 528. The van der Waals surface area contributed by atoms with Crippen LogP contribution in [0, 0.1) is 0 Å². The van der Waals surface area contributed by atoms with Crippen molar-refractivity contribution in [2.75, 3.05) is 6.61 Å². The molecule has 3 N–H and O–H groups in total. The smallest absolute Gasteiger partial charge is 0.305 e. The van der Waals surface area contributed by atoms with Crippen LogP contribution in [-0.4, -0.2) is 23.7 Å². The number of fused-ring (bicyclic) bond motifs is 1. The van der Waals surface area contributed by atoms with Gasteiger partial charge in [0.1, 0.15) is 12.4 Å². The number of rotatable bonds is 3. The highest BCUT2D eigenvalue weighted by molar-refractivity contribution is 6.50. The zero-order valence-corrected chi connectivity index (χ0v) is 10.8. The van der Waals surface area contributed by atoms with Gasteiger partial charge in [-0.05, 0) is 18.2 Å². The van der Waals surface area contributed by atoms with E-state index < -0.39 is 12.0 Å². The van der Waals surface area contributed by atoms with Gasteiger partial charge in [-0.3, -0.25) is 4.79 Å². The highest BCUT2D eigenvalue weighted by Crippen LogP contribution is 2.38. The Morgan fingerprint density at radius 1 is 1.50 bits per heavy atom. The minimum absolute atomic E-state index is 0.190. The number of nitrogens with two attached hydrogens (primary N) is 1. The zero-order valence-electron chi connectivity index (χ0n) is 9.32. The van der Waals surface area contributed by atoms with Crippen molar-refractivity contribution >= 4 is 34.2 Å². The molecule has 2 rings (SSSR count). The Labute approximate surface area is 114 Å². The van der Waals surface area contributed by atoms with E-state index in [2.05, 4.69) is 0 Å². The molecule has 0 bridgehead atoms. The van der Waals surface area contributed by atoms with E-state index in [9.17, 15) is 4.79 Å². The summed E-state index contributed by atoms with van der Waals surface area (Å²) in [5.74, 6) is -0.355. The molecule has 0 saturated carbocycles. The summed E-state index contributed by atoms with van der Waals surface area (Å²) in [5.41, 5.74) is 7.02. The van der Waals surface area contributed by atoms with E-state index in [4.69, 9.17) is 38.8 Å². The number of hydrogen-bond acceptors (Lipinski definition) is 3. The fraction of sp³-hybridized carbons (Fsp3) is 0.250. The van der Waals surface area contributed by atoms with E-state index in [1.54, 1.807) is 18.2 Å². The molecule has 4 nitrogen and oxygen atoms in total. The molecule has 1 atom stereocenters. The predicted octanol–water partition coefficient (Wildman–Crippen LogP) is 2.48. The molecule has 1 aromatic carbocycles. The van der Waals surface area contributed by atoms with Gasteiger partial charge in [0.05, 0.1) is 11.5 Å². The van der Waals surface area contributed by atoms with E-state index in [0.717, 1.165) is 0 Å². The first kappa shape index (κ1) is 13.2. The Morgan fingerprint density at radius 3 is 2.89 bits per heavy atom. The molecule has 0 aliphatic carbocycles. The van der Waals surface area contributed by atoms with E-state index in [0.29, 0.717) is 26.9 Å². The summed E-state index contributed by atoms with van der Waals surface area (Å²) in [5, 5.41) is 9.69. The van der Waals surface area contributed by atoms with Gasteiger partial charge in [0.25, 0.3) is 0 Å². The van der Waals surface area contributed by atoms with E-state index in [1.165, 1.54) is 0 Å². The molecule has 6 heteroatoms. The average Bonchev–Trinajstić information content (AvgIpc) is 2.29. The molecule has 0 aromatic heterocycles. The largest absolute Gasteiger partial charge is 0.488 e. The van der Waals surface area contributed by atoms with Gasteiger partial charge in [-0.1, -0.05) is 23.2 Å². The molecule has 1 heterocycles. The van der Waals surface area contributed by atoms with Gasteiger partial charge >= 0.3 is 5.97 Å². The average molecular weight is 288 g/mol. The molecule has 1 aliphatic heterocycles. The Morgan fingerprint density at radius 2 is 2.22 bits per heavy atom. The third kappa shape index (κ3) is 2.61. The van der Waals surface area contributed by atoms with Crippen LogP contribution in [0.5, 0.6) is 5.75 Å². The lowest BCUT2D eigenvalue weighted by Crippen LogP contribution is -2.31. The highest BCUT2D eigenvalue weighted by atomic mass is 35.5. The molecule has 0 saturated heterocycles. The number of ether oxygens (including phenoxy) is 1. The minimum atomic E-state index is -0.976. The van der Waals surface area contributed by atoms with Crippen molar-refractivity contribution in [1.82, 2.24) is 0 Å². The van der Waals surface area contributed by atoms with Crippen molar-refractivity contribution in [2.24, 2.45) is 5.73 Å². The SMILES string of the molecule is NC(CC(=O)O)C1=C(Cl)c2cc(Cl)ccc2OC1. The van der Waals surface area contributed by atoms with Crippen LogP contribution in [0.3, 0.4) is 0 Å². The quantitative estimate of drug-likeness (QED) is 0.896. The summed E-state index contributed by atoms with van der Waals surface area (Å²) in [6, 6.07) is 4.43. The standard InChI is InChI=1S/C12H11Cl2NO3/c13-6-1-2-10-7(3-6)12(14)8(5-18-10)9(15)4-11(16)17/h1-3,9H,4-5,15H2,(H,16,17). The summed E-state index contributed by atoms with van der Waals surface area (Å²) < 4.78 is 5.49. The highest BCUT2D eigenvalue weighted by Gasteiger charge is 2.24. The number of aliphatic carboxylic acids is 1. The normalized spacial score (nSPS) is 15.9. The van der Waals surface area contributed by atoms with Gasteiger partial charge in [-0.15, -0.1) is 0 Å². The fourth-order valence-electron chi connectivity index (χ4n) is 1.77. The molecular weight excluding hydrogens is 277 g/mol. The van der Waals surface area contributed by atoms with Crippen LogP contribution in [-0.2, 0) is 4.79 Å². The van der Waals surface area contributed by atoms with Crippen LogP contribution >= 0.6 is 23.2 Å². The number of halogens is 2. The van der Waals surface area contributed by atoms with Gasteiger partial charge in [0, 0.05) is 22.2 Å². The van der Waals surface area contributed by atoms with Crippen molar-refractivity contribution in [3.8, 4) is 5.75 Å². The molecule has 0 fully saturated rings. The van der Waals surface area contributed by atoms with Crippen LogP contribution in [0.4, 0.5) is 0 Å². The molecular formula is C12H11Cl2NO3. The maximum atomic E-state index is 10.7. The number of carboxylic acids is 1.